The van der Waals surface area contributed by atoms with Crippen LogP contribution in [0.4, 0.5) is 4.79 Å². The predicted molar refractivity (Wildman–Crippen MR) is 111 cm³/mol. The van der Waals surface area contributed by atoms with Gasteiger partial charge in [0.25, 0.3) is 10.0 Å². The number of nitrogens with zero attached hydrogens (tertiary/aromatic N) is 1. The zero-order valence-electron chi connectivity index (χ0n) is 15.8. The molecule has 3 N–H and O–H groups in total. The number of nitrogens with one attached hydrogen (secondary N) is 1. The Morgan fingerprint density at radius 1 is 1.13 bits per heavy atom. The number of aliphatic carboxylic acids is 1. The zero-order valence-corrected chi connectivity index (χ0v) is 17.4. The van der Waals surface area contributed by atoms with E-state index in [0.717, 1.165) is 27.4 Å². The van der Waals surface area contributed by atoms with Crippen LogP contribution in [-0.4, -0.2) is 54.2 Å². The first-order chi connectivity index (χ1) is 14.2. The summed E-state index contributed by atoms with van der Waals surface area (Å²) in [6.45, 7) is 0.601. The summed E-state index contributed by atoms with van der Waals surface area (Å²) >= 11 is 1.06. The van der Waals surface area contributed by atoms with Gasteiger partial charge in [0, 0.05) is 23.9 Å². The maximum atomic E-state index is 12.9. The van der Waals surface area contributed by atoms with Crippen LogP contribution in [0.3, 0.4) is 0 Å². The fraction of sp³-hybridized carbons (Fsp3) is 0.300. The second kappa shape index (κ2) is 7.53. The molecule has 2 atom stereocenters. The number of carboxylic acid groups (broad SMARTS) is 2. The van der Waals surface area contributed by atoms with E-state index in [4.69, 9.17) is 5.11 Å². The van der Waals surface area contributed by atoms with Gasteiger partial charge < -0.3 is 15.1 Å². The highest BCUT2D eigenvalue weighted by Gasteiger charge is 2.63. The van der Waals surface area contributed by atoms with E-state index in [0.29, 0.717) is 13.0 Å². The molecule has 2 aliphatic rings. The first-order valence-electron chi connectivity index (χ1n) is 9.32. The third-order valence-corrected chi connectivity index (χ3v) is 8.67. The van der Waals surface area contributed by atoms with Crippen molar-refractivity contribution in [1.82, 2.24) is 9.62 Å². The van der Waals surface area contributed by atoms with Gasteiger partial charge in [0.1, 0.15) is 9.75 Å². The van der Waals surface area contributed by atoms with Crippen molar-refractivity contribution in [3.63, 3.8) is 0 Å². The van der Waals surface area contributed by atoms with Gasteiger partial charge in [-0.05, 0) is 36.1 Å². The third kappa shape index (κ3) is 3.73. The van der Waals surface area contributed by atoms with E-state index in [1.54, 1.807) is 36.4 Å². The largest absolute Gasteiger partial charge is 0.480 e. The normalized spacial score (nSPS) is 23.7. The van der Waals surface area contributed by atoms with Gasteiger partial charge in [0.05, 0.1) is 0 Å². The summed E-state index contributed by atoms with van der Waals surface area (Å²) in [6.07, 6.45) is 1.48. The van der Waals surface area contributed by atoms with Crippen LogP contribution >= 0.6 is 11.3 Å². The molecule has 0 unspecified atom stereocenters. The highest BCUT2D eigenvalue weighted by Crippen LogP contribution is 2.52. The van der Waals surface area contributed by atoms with Crippen molar-refractivity contribution in [3.05, 3.63) is 59.0 Å². The van der Waals surface area contributed by atoms with Crippen LogP contribution in [0.2, 0.25) is 0 Å². The van der Waals surface area contributed by atoms with E-state index < -0.39 is 33.5 Å². The summed E-state index contributed by atoms with van der Waals surface area (Å²) in [5, 5.41) is 18.8. The van der Waals surface area contributed by atoms with Crippen LogP contribution in [0.15, 0.2) is 52.7 Å². The number of rotatable bonds is 6. The van der Waals surface area contributed by atoms with Crippen LogP contribution < -0.4 is 4.72 Å². The van der Waals surface area contributed by atoms with Gasteiger partial charge in [-0.3, -0.25) is 4.79 Å². The fourth-order valence-electron chi connectivity index (χ4n) is 3.74. The molecular weight excluding hydrogens is 428 g/mol. The molecule has 1 aliphatic heterocycles. The number of hydrogen-bond donors (Lipinski definition) is 3. The Morgan fingerprint density at radius 3 is 2.47 bits per heavy atom. The molecule has 0 radical (unpaired) electrons. The highest BCUT2D eigenvalue weighted by molar-refractivity contribution is 7.91. The second-order valence-corrected chi connectivity index (χ2v) is 10.4. The smallest absolute Gasteiger partial charge is 0.407 e. The number of hydrogen-bond acceptors (Lipinski definition) is 5. The van der Waals surface area contributed by atoms with E-state index in [2.05, 4.69) is 4.72 Å². The fourth-order valence-corrected chi connectivity index (χ4v) is 6.52. The van der Waals surface area contributed by atoms with Gasteiger partial charge in [0.2, 0.25) is 0 Å². The number of carbonyl (C=O) groups is 2. The van der Waals surface area contributed by atoms with Crippen molar-refractivity contribution >= 4 is 39.0 Å². The molecule has 1 amide bonds. The van der Waals surface area contributed by atoms with E-state index in [1.165, 1.54) is 11.0 Å². The van der Waals surface area contributed by atoms with Crippen molar-refractivity contribution in [2.75, 3.05) is 13.1 Å². The van der Waals surface area contributed by atoms with Gasteiger partial charge >= 0.3 is 12.1 Å². The van der Waals surface area contributed by atoms with Crippen molar-refractivity contribution in [1.29, 1.82) is 0 Å². The molecular formula is C20H20N2O6S2. The number of thiophene rings is 1. The van der Waals surface area contributed by atoms with E-state index in [9.17, 15) is 23.1 Å². The lowest BCUT2D eigenvalue weighted by Crippen LogP contribution is -2.44. The quantitative estimate of drug-likeness (QED) is 0.624. The summed E-state index contributed by atoms with van der Waals surface area (Å²) in [6, 6.07) is 12.1. The van der Waals surface area contributed by atoms with Gasteiger partial charge in [-0.15, -0.1) is 11.3 Å². The standard InChI is InChI=1S/C20H20N2O6S2/c23-18(24)20(12-15(20)13-4-2-1-3-5-13)21-30(27,28)17-7-6-16(29-17)14-8-10-22(11-9-14)19(25)26/h1-8,15,21H,9-12H2,(H,23,24)(H,25,26)/t15-,20+/m1/s1. The minimum Gasteiger partial charge on any atom is -0.480 e. The lowest BCUT2D eigenvalue weighted by molar-refractivity contribution is -0.140. The van der Waals surface area contributed by atoms with Crippen molar-refractivity contribution in [3.8, 4) is 0 Å². The molecule has 2 aromatic rings. The molecule has 8 nitrogen and oxygen atoms in total. The van der Waals surface area contributed by atoms with Crippen molar-refractivity contribution in [2.45, 2.75) is 28.5 Å². The number of amides is 1. The molecule has 1 aliphatic carbocycles. The molecule has 1 aromatic heterocycles. The molecule has 10 heteroatoms. The lowest BCUT2D eigenvalue weighted by Gasteiger charge is -2.23. The third-order valence-electron chi connectivity index (χ3n) is 5.50. The van der Waals surface area contributed by atoms with E-state index in [1.807, 2.05) is 6.07 Å². The summed E-state index contributed by atoms with van der Waals surface area (Å²) in [4.78, 5) is 25.0. The summed E-state index contributed by atoms with van der Waals surface area (Å²) in [5.41, 5.74) is 0.126. The topological polar surface area (TPSA) is 124 Å². The van der Waals surface area contributed by atoms with Crippen LogP contribution in [0.1, 0.15) is 29.2 Å². The van der Waals surface area contributed by atoms with Gasteiger partial charge in [0.15, 0.2) is 0 Å². The second-order valence-electron chi connectivity index (χ2n) is 7.38. The Hall–Kier alpha value is -2.69. The van der Waals surface area contributed by atoms with E-state index >= 15 is 0 Å². The molecule has 1 aromatic carbocycles. The van der Waals surface area contributed by atoms with Crippen LogP contribution in [0, 0.1) is 0 Å². The minimum atomic E-state index is -4.03. The van der Waals surface area contributed by atoms with Gasteiger partial charge in [-0.1, -0.05) is 36.4 Å². The maximum absolute atomic E-state index is 12.9. The van der Waals surface area contributed by atoms with Crippen LogP contribution in [0.5, 0.6) is 0 Å². The molecule has 4 rings (SSSR count). The number of carboxylic acids is 1. The summed E-state index contributed by atoms with van der Waals surface area (Å²) in [5.74, 6) is -1.62. The highest BCUT2D eigenvalue weighted by atomic mass is 32.2. The molecule has 0 spiro atoms. The molecule has 1 saturated carbocycles. The van der Waals surface area contributed by atoms with Gasteiger partial charge in [-0.2, -0.15) is 4.72 Å². The van der Waals surface area contributed by atoms with Crippen LogP contribution in [0.25, 0.3) is 5.57 Å². The van der Waals surface area contributed by atoms with Crippen molar-refractivity contribution < 1.29 is 28.2 Å². The Labute approximate surface area is 177 Å². The molecule has 30 heavy (non-hydrogen) atoms. The van der Waals surface area contributed by atoms with Crippen molar-refractivity contribution in [2.24, 2.45) is 0 Å². The minimum absolute atomic E-state index is 0.0402. The summed E-state index contributed by atoms with van der Waals surface area (Å²) in [7, 11) is -4.03. The first kappa shape index (κ1) is 20.6. The zero-order chi connectivity index (χ0) is 21.5. The SMILES string of the molecule is O=C(O)N1CC=C(c2ccc(S(=O)(=O)N[C@@]3(C(=O)O)C[C@@H]3c3ccccc3)s2)CC1. The number of benzene rings is 1. The average Bonchev–Trinajstić information content (AvgIpc) is 3.21. The predicted octanol–water partition coefficient (Wildman–Crippen LogP) is 2.80. The first-order valence-corrected chi connectivity index (χ1v) is 11.6. The molecule has 0 bridgehead atoms. The Bertz CT molecular complexity index is 1130. The molecule has 1 fully saturated rings. The lowest BCUT2D eigenvalue weighted by atomic mass is 10.1. The average molecular weight is 449 g/mol. The summed E-state index contributed by atoms with van der Waals surface area (Å²) < 4.78 is 28.3. The maximum Gasteiger partial charge on any atom is 0.407 e. The molecule has 2 heterocycles. The van der Waals surface area contributed by atoms with Crippen LogP contribution in [-0.2, 0) is 14.8 Å². The number of sulfonamides is 1. The Balaban J connectivity index is 1.53. The molecule has 158 valence electrons. The Kier molecular flexibility index (Phi) is 5.16. The van der Waals surface area contributed by atoms with Gasteiger partial charge in [-0.25, -0.2) is 13.2 Å². The molecule has 0 saturated heterocycles. The monoisotopic (exact) mass is 448 g/mol. The van der Waals surface area contributed by atoms with E-state index in [-0.39, 0.29) is 17.2 Å². The Morgan fingerprint density at radius 2 is 1.87 bits per heavy atom.